The number of benzene rings is 1. The van der Waals surface area contributed by atoms with Crippen LogP contribution in [0.1, 0.15) is 0 Å². The Kier molecular flexibility index (Phi) is 2.31. The third-order valence-corrected chi connectivity index (χ3v) is 3.34. The Morgan fingerprint density at radius 2 is 2.14 bits per heavy atom. The number of nitrogen functional groups attached to an aromatic ring is 1. The highest BCUT2D eigenvalue weighted by molar-refractivity contribution is 5.86. The molecular weight excluding hydrogens is 270 g/mol. The molecule has 0 bridgehead atoms. The second-order valence-corrected chi connectivity index (χ2v) is 4.52. The third kappa shape index (κ3) is 1.62. The number of fused-ring (bicyclic) bond motifs is 3. The minimum Gasteiger partial charge on any atom is -0.497 e. The third-order valence-electron chi connectivity index (χ3n) is 3.34. The van der Waals surface area contributed by atoms with Crippen molar-refractivity contribution in [3.05, 3.63) is 30.9 Å². The van der Waals surface area contributed by atoms with Crippen LogP contribution in [0.3, 0.4) is 0 Å². The molecule has 0 saturated carbocycles. The first-order valence-corrected chi connectivity index (χ1v) is 6.24. The molecule has 21 heavy (non-hydrogen) atoms. The number of nitrogens with zero attached hydrogens (tertiary/aromatic N) is 5. The molecule has 0 atom stereocenters. The van der Waals surface area contributed by atoms with Crippen LogP contribution in [0.5, 0.6) is 5.75 Å². The molecule has 0 amide bonds. The molecule has 3 N–H and O–H groups in total. The van der Waals surface area contributed by atoms with E-state index >= 15 is 0 Å². The van der Waals surface area contributed by atoms with Crippen LogP contribution >= 0.6 is 0 Å². The fourth-order valence-electron chi connectivity index (χ4n) is 2.27. The average molecular weight is 281 g/mol. The molecule has 0 radical (unpaired) electrons. The van der Waals surface area contributed by atoms with E-state index in [4.69, 9.17) is 10.5 Å². The summed E-state index contributed by atoms with van der Waals surface area (Å²) >= 11 is 0. The summed E-state index contributed by atoms with van der Waals surface area (Å²) in [4.78, 5) is 11.4. The molecule has 3 heterocycles. The van der Waals surface area contributed by atoms with Gasteiger partial charge in [-0.15, -0.1) is 10.2 Å². The van der Waals surface area contributed by atoms with E-state index in [-0.39, 0.29) is 0 Å². The van der Waals surface area contributed by atoms with Crippen molar-refractivity contribution in [1.82, 2.24) is 29.5 Å². The van der Waals surface area contributed by atoms with Crippen molar-refractivity contribution in [1.29, 1.82) is 0 Å². The molecule has 0 aliphatic rings. The Balaban J connectivity index is 2.02. The quantitative estimate of drug-likeness (QED) is 0.536. The Morgan fingerprint density at radius 3 is 3.00 bits per heavy atom. The van der Waals surface area contributed by atoms with Crippen molar-refractivity contribution in [2.75, 3.05) is 12.8 Å². The van der Waals surface area contributed by atoms with Gasteiger partial charge in [-0.05, 0) is 18.2 Å². The number of hydrogen-bond acceptors (Lipinski definition) is 6. The van der Waals surface area contributed by atoms with Gasteiger partial charge in [0, 0.05) is 11.3 Å². The molecule has 3 aromatic heterocycles. The first-order valence-electron chi connectivity index (χ1n) is 6.24. The number of anilines is 1. The van der Waals surface area contributed by atoms with Crippen LogP contribution in [0.15, 0.2) is 30.9 Å². The van der Waals surface area contributed by atoms with Gasteiger partial charge in [-0.2, -0.15) is 0 Å². The van der Waals surface area contributed by atoms with Gasteiger partial charge < -0.3 is 15.5 Å². The second kappa shape index (κ2) is 4.17. The van der Waals surface area contributed by atoms with Crippen LogP contribution in [0.2, 0.25) is 0 Å². The van der Waals surface area contributed by atoms with Gasteiger partial charge in [-0.1, -0.05) is 0 Å². The molecular formula is C13H11N7O. The van der Waals surface area contributed by atoms with Gasteiger partial charge in [-0.3, -0.25) is 4.40 Å². The summed E-state index contributed by atoms with van der Waals surface area (Å²) < 4.78 is 7.00. The molecule has 0 aliphatic heterocycles. The van der Waals surface area contributed by atoms with E-state index in [0.717, 1.165) is 11.1 Å². The Bertz CT molecular complexity index is 956. The number of H-pyrrole nitrogens is 1. The van der Waals surface area contributed by atoms with Crippen LogP contribution < -0.4 is 10.5 Å². The molecule has 104 valence electrons. The van der Waals surface area contributed by atoms with Gasteiger partial charge in [0.2, 0.25) is 0 Å². The first-order chi connectivity index (χ1) is 10.3. The van der Waals surface area contributed by atoms with Crippen LogP contribution in [-0.2, 0) is 0 Å². The Hall–Kier alpha value is -3.16. The number of hydrogen-bond donors (Lipinski definition) is 2. The zero-order valence-electron chi connectivity index (χ0n) is 11.1. The highest BCUT2D eigenvalue weighted by atomic mass is 16.5. The van der Waals surface area contributed by atoms with Crippen molar-refractivity contribution in [2.45, 2.75) is 0 Å². The number of ether oxygens (including phenoxy) is 1. The topological polar surface area (TPSA) is 107 Å². The van der Waals surface area contributed by atoms with Gasteiger partial charge in [-0.25, -0.2) is 9.97 Å². The van der Waals surface area contributed by atoms with E-state index in [1.807, 2.05) is 6.07 Å². The summed E-state index contributed by atoms with van der Waals surface area (Å²) in [6.45, 7) is 0. The fourth-order valence-corrected chi connectivity index (χ4v) is 2.27. The number of aromatic nitrogens is 6. The lowest BCUT2D eigenvalue weighted by Gasteiger charge is -2.06. The van der Waals surface area contributed by atoms with Crippen molar-refractivity contribution < 1.29 is 4.74 Å². The van der Waals surface area contributed by atoms with E-state index in [9.17, 15) is 0 Å². The largest absolute Gasteiger partial charge is 0.497 e. The maximum atomic E-state index is 6.04. The smallest absolute Gasteiger partial charge is 0.190 e. The van der Waals surface area contributed by atoms with E-state index in [1.165, 1.54) is 0 Å². The summed E-state index contributed by atoms with van der Waals surface area (Å²) in [5, 5.41) is 8.42. The van der Waals surface area contributed by atoms with Gasteiger partial charge in [0.1, 0.15) is 17.6 Å². The van der Waals surface area contributed by atoms with Crippen molar-refractivity contribution in [2.24, 2.45) is 0 Å². The number of aromatic amines is 1. The lowest BCUT2D eigenvalue weighted by Crippen LogP contribution is -1.97. The molecule has 0 saturated heterocycles. The zero-order chi connectivity index (χ0) is 14.4. The van der Waals surface area contributed by atoms with Crippen LogP contribution in [-0.4, -0.2) is 36.7 Å². The maximum Gasteiger partial charge on any atom is 0.190 e. The van der Waals surface area contributed by atoms with Crippen molar-refractivity contribution in [3.63, 3.8) is 0 Å². The molecule has 8 heteroatoms. The van der Waals surface area contributed by atoms with Crippen molar-refractivity contribution in [3.8, 4) is 17.1 Å². The Morgan fingerprint density at radius 1 is 1.24 bits per heavy atom. The number of methoxy groups -OCH3 is 1. The molecule has 4 aromatic rings. The molecule has 4 rings (SSSR count). The minimum absolute atomic E-state index is 0.592. The standard InChI is InChI=1S/C13H11N7O/c1-21-7-2-3-9(14)8(4-7)12-18-19-13-10-11(16-5-15-10)17-6-20(12)13/h2-6H,14H2,1H3,(H,15,16). The average Bonchev–Trinajstić information content (AvgIpc) is 3.13. The highest BCUT2D eigenvalue weighted by Crippen LogP contribution is 2.29. The normalized spacial score (nSPS) is 11.3. The predicted octanol–water partition coefficient (Wildman–Crippen LogP) is 1.26. The zero-order valence-corrected chi connectivity index (χ0v) is 11.1. The number of imidazole rings is 1. The summed E-state index contributed by atoms with van der Waals surface area (Å²) in [6, 6.07) is 5.40. The van der Waals surface area contributed by atoms with Gasteiger partial charge in [0.25, 0.3) is 0 Å². The van der Waals surface area contributed by atoms with Crippen LogP contribution in [0.25, 0.3) is 28.2 Å². The molecule has 0 unspecified atom stereocenters. The van der Waals surface area contributed by atoms with Gasteiger partial charge in [0.05, 0.1) is 13.4 Å². The molecule has 0 fully saturated rings. The van der Waals surface area contributed by atoms with E-state index < -0.39 is 0 Å². The number of rotatable bonds is 2. The number of nitrogens with one attached hydrogen (secondary N) is 1. The highest BCUT2D eigenvalue weighted by Gasteiger charge is 2.15. The first kappa shape index (κ1) is 11.6. The van der Waals surface area contributed by atoms with Gasteiger partial charge >= 0.3 is 0 Å². The molecule has 0 aliphatic carbocycles. The lowest BCUT2D eigenvalue weighted by atomic mass is 10.1. The summed E-state index contributed by atoms with van der Waals surface area (Å²) in [6.07, 6.45) is 3.21. The molecule has 1 aromatic carbocycles. The summed E-state index contributed by atoms with van der Waals surface area (Å²) in [5.74, 6) is 1.30. The molecule has 0 spiro atoms. The predicted molar refractivity (Wildman–Crippen MR) is 76.8 cm³/mol. The summed E-state index contributed by atoms with van der Waals surface area (Å²) in [7, 11) is 1.60. The second-order valence-electron chi connectivity index (χ2n) is 4.52. The van der Waals surface area contributed by atoms with Crippen LogP contribution in [0.4, 0.5) is 5.69 Å². The molecule has 8 nitrogen and oxygen atoms in total. The lowest BCUT2D eigenvalue weighted by molar-refractivity contribution is 0.415. The maximum absolute atomic E-state index is 6.04. The van der Waals surface area contributed by atoms with Crippen LogP contribution in [0, 0.1) is 0 Å². The van der Waals surface area contributed by atoms with Gasteiger partial charge in [0.15, 0.2) is 17.1 Å². The SMILES string of the molecule is COc1ccc(N)c(-c2nnc3c4[nH]cnc4ncn23)c1. The fraction of sp³-hybridized carbons (Fsp3) is 0.0769. The summed E-state index contributed by atoms with van der Waals surface area (Å²) in [5.41, 5.74) is 9.35. The van der Waals surface area contributed by atoms with E-state index in [2.05, 4.69) is 25.1 Å². The monoisotopic (exact) mass is 281 g/mol. The van der Waals surface area contributed by atoms with E-state index in [1.54, 1.807) is 36.3 Å². The van der Waals surface area contributed by atoms with Crippen molar-refractivity contribution >= 4 is 22.5 Å². The number of nitrogens with two attached hydrogens (primary N) is 1. The minimum atomic E-state index is 0.592. The Labute approximate surface area is 118 Å². The van der Waals surface area contributed by atoms with E-state index in [0.29, 0.717) is 28.6 Å².